The Morgan fingerprint density at radius 3 is 2.36 bits per heavy atom. The molecule has 0 spiro atoms. The maximum Gasteiger partial charge on any atom is 0.573 e. The van der Waals surface area contributed by atoms with Crippen molar-refractivity contribution in [3.8, 4) is 5.75 Å². The maximum absolute atomic E-state index is 12.2. The van der Waals surface area contributed by atoms with E-state index in [9.17, 15) is 13.2 Å². The topological polar surface area (TPSA) is 59.1 Å². The van der Waals surface area contributed by atoms with Gasteiger partial charge < -0.3 is 15.4 Å². The summed E-state index contributed by atoms with van der Waals surface area (Å²) in [6.07, 6.45) is 1.31. The molecule has 1 aromatic heterocycles. The van der Waals surface area contributed by atoms with Gasteiger partial charge in [-0.15, -0.1) is 13.2 Å². The van der Waals surface area contributed by atoms with E-state index in [1.807, 2.05) is 13.8 Å². The van der Waals surface area contributed by atoms with Gasteiger partial charge in [-0.05, 0) is 44.4 Å². The Morgan fingerprint density at radius 2 is 1.71 bits per heavy atom. The highest BCUT2D eigenvalue weighted by atomic mass is 19.4. The lowest BCUT2D eigenvalue weighted by atomic mass is 9.96. The number of benzene rings is 1. The fourth-order valence-electron chi connectivity index (χ4n) is 3.29. The summed E-state index contributed by atoms with van der Waals surface area (Å²) < 4.78 is 40.6. The van der Waals surface area contributed by atoms with Gasteiger partial charge in [-0.2, -0.15) is 4.98 Å². The van der Waals surface area contributed by atoms with Gasteiger partial charge in [0.2, 0.25) is 5.95 Å². The molecular formula is C20H25F3N4O. The predicted molar refractivity (Wildman–Crippen MR) is 102 cm³/mol. The number of hydrogen-bond acceptors (Lipinski definition) is 5. The second kappa shape index (κ2) is 8.67. The number of anilines is 2. The van der Waals surface area contributed by atoms with Crippen LogP contribution in [0.2, 0.25) is 0 Å². The Kier molecular flexibility index (Phi) is 6.26. The van der Waals surface area contributed by atoms with Crippen molar-refractivity contribution in [1.29, 1.82) is 0 Å². The second-order valence-electron chi connectivity index (χ2n) is 7.13. The summed E-state index contributed by atoms with van der Waals surface area (Å²) in [4.78, 5) is 9.14. The van der Waals surface area contributed by atoms with Crippen molar-refractivity contribution in [2.45, 2.75) is 64.9 Å². The third kappa shape index (κ3) is 5.74. The molecule has 28 heavy (non-hydrogen) atoms. The van der Waals surface area contributed by atoms with Gasteiger partial charge in [-0.1, -0.05) is 31.4 Å². The van der Waals surface area contributed by atoms with Gasteiger partial charge in [0.05, 0.1) is 0 Å². The molecule has 1 saturated carbocycles. The summed E-state index contributed by atoms with van der Waals surface area (Å²) in [5.41, 5.74) is 2.67. The van der Waals surface area contributed by atoms with Gasteiger partial charge >= 0.3 is 6.36 Å². The Balaban J connectivity index is 1.64. The van der Waals surface area contributed by atoms with Crippen LogP contribution in [0.4, 0.5) is 24.9 Å². The zero-order valence-electron chi connectivity index (χ0n) is 16.1. The average Bonchev–Trinajstić information content (AvgIpc) is 2.64. The maximum atomic E-state index is 12.2. The van der Waals surface area contributed by atoms with Gasteiger partial charge in [0.1, 0.15) is 11.6 Å². The van der Waals surface area contributed by atoms with E-state index in [-0.39, 0.29) is 5.75 Å². The van der Waals surface area contributed by atoms with Gasteiger partial charge in [-0.25, -0.2) is 4.98 Å². The number of halogens is 3. The minimum absolute atomic E-state index is 0.232. The first-order chi connectivity index (χ1) is 13.3. The molecule has 0 amide bonds. The van der Waals surface area contributed by atoms with E-state index in [4.69, 9.17) is 0 Å². The van der Waals surface area contributed by atoms with Gasteiger partial charge in [0.25, 0.3) is 0 Å². The molecule has 1 fully saturated rings. The third-order valence-electron chi connectivity index (χ3n) is 4.94. The van der Waals surface area contributed by atoms with E-state index in [0.717, 1.165) is 35.5 Å². The van der Waals surface area contributed by atoms with Crippen LogP contribution in [0.25, 0.3) is 0 Å². The summed E-state index contributed by atoms with van der Waals surface area (Å²) in [5.74, 6) is 1.11. The van der Waals surface area contributed by atoms with E-state index in [1.165, 1.54) is 31.4 Å². The van der Waals surface area contributed by atoms with Gasteiger partial charge in [-0.3, -0.25) is 0 Å². The molecule has 2 N–H and O–H groups in total. The van der Waals surface area contributed by atoms with Crippen LogP contribution in [0, 0.1) is 13.8 Å². The lowest BCUT2D eigenvalue weighted by Crippen LogP contribution is -2.24. The number of alkyl halides is 3. The lowest BCUT2D eigenvalue weighted by molar-refractivity contribution is -0.274. The molecular weight excluding hydrogens is 369 g/mol. The van der Waals surface area contributed by atoms with Crippen molar-refractivity contribution in [3.05, 3.63) is 41.1 Å². The largest absolute Gasteiger partial charge is 0.573 e. The number of hydrogen-bond donors (Lipinski definition) is 2. The van der Waals surface area contributed by atoms with Crippen molar-refractivity contribution < 1.29 is 17.9 Å². The summed E-state index contributed by atoms with van der Waals surface area (Å²) in [6.45, 7) is 4.33. The molecule has 5 nitrogen and oxygen atoms in total. The molecule has 0 bridgehead atoms. The van der Waals surface area contributed by atoms with Crippen molar-refractivity contribution in [2.75, 3.05) is 10.6 Å². The molecule has 152 valence electrons. The van der Waals surface area contributed by atoms with Crippen LogP contribution in [0.1, 0.15) is 48.9 Å². The van der Waals surface area contributed by atoms with Crippen LogP contribution in [0.5, 0.6) is 5.75 Å². The molecule has 0 saturated heterocycles. The standard InChI is InChI=1S/C20H25F3N4O/c1-13-14(2)25-19(26-16-6-4-3-5-7-16)27-18(13)24-12-15-8-10-17(11-9-15)28-20(21,22)23/h8-11,16H,3-7,12H2,1-2H3,(H2,24,25,26,27). The quantitative estimate of drug-likeness (QED) is 0.692. The van der Waals surface area contributed by atoms with Crippen molar-refractivity contribution in [2.24, 2.45) is 0 Å². The third-order valence-corrected chi connectivity index (χ3v) is 4.94. The summed E-state index contributed by atoms with van der Waals surface area (Å²) >= 11 is 0. The first kappa shape index (κ1) is 20.2. The molecule has 1 aromatic carbocycles. The number of rotatable bonds is 6. The lowest BCUT2D eigenvalue weighted by Gasteiger charge is -2.23. The Labute approximate surface area is 162 Å². The molecule has 0 unspecified atom stereocenters. The fourth-order valence-corrected chi connectivity index (χ4v) is 3.29. The fraction of sp³-hybridized carbons (Fsp3) is 0.500. The molecule has 1 aliphatic rings. The molecule has 2 aromatic rings. The first-order valence-corrected chi connectivity index (χ1v) is 9.50. The molecule has 1 heterocycles. The van der Waals surface area contributed by atoms with E-state index in [0.29, 0.717) is 18.5 Å². The van der Waals surface area contributed by atoms with Gasteiger partial charge in [0, 0.05) is 23.8 Å². The number of aromatic nitrogens is 2. The Hall–Kier alpha value is -2.51. The van der Waals surface area contributed by atoms with E-state index in [2.05, 4.69) is 25.3 Å². The van der Waals surface area contributed by atoms with Crippen LogP contribution in [0.15, 0.2) is 24.3 Å². The van der Waals surface area contributed by atoms with E-state index >= 15 is 0 Å². The zero-order valence-corrected chi connectivity index (χ0v) is 16.1. The highest BCUT2D eigenvalue weighted by Gasteiger charge is 2.30. The first-order valence-electron chi connectivity index (χ1n) is 9.50. The highest BCUT2D eigenvalue weighted by Crippen LogP contribution is 2.25. The van der Waals surface area contributed by atoms with Crippen LogP contribution < -0.4 is 15.4 Å². The number of aryl methyl sites for hydroxylation is 1. The number of ether oxygens (including phenoxy) is 1. The van der Waals surface area contributed by atoms with Crippen LogP contribution in [-0.4, -0.2) is 22.4 Å². The highest BCUT2D eigenvalue weighted by molar-refractivity contribution is 5.50. The minimum atomic E-state index is -4.68. The second-order valence-corrected chi connectivity index (χ2v) is 7.13. The predicted octanol–water partition coefficient (Wildman–Crippen LogP) is 5.35. The number of nitrogens with zero attached hydrogens (tertiary/aromatic N) is 2. The molecule has 3 rings (SSSR count). The number of nitrogens with one attached hydrogen (secondary N) is 2. The smallest absolute Gasteiger partial charge is 0.406 e. The van der Waals surface area contributed by atoms with E-state index < -0.39 is 6.36 Å². The minimum Gasteiger partial charge on any atom is -0.406 e. The van der Waals surface area contributed by atoms with E-state index in [1.54, 1.807) is 12.1 Å². The Morgan fingerprint density at radius 1 is 1.04 bits per heavy atom. The summed E-state index contributed by atoms with van der Waals surface area (Å²) in [5, 5.41) is 6.69. The van der Waals surface area contributed by atoms with Crippen LogP contribution in [0.3, 0.4) is 0 Å². The normalized spacial score (nSPS) is 15.3. The SMILES string of the molecule is Cc1nc(NC2CCCCC2)nc(NCc2ccc(OC(F)(F)F)cc2)c1C. The summed E-state index contributed by atoms with van der Waals surface area (Å²) in [6, 6.07) is 6.21. The van der Waals surface area contributed by atoms with Crippen LogP contribution in [-0.2, 0) is 6.54 Å². The molecule has 0 aliphatic heterocycles. The van der Waals surface area contributed by atoms with Crippen molar-refractivity contribution in [1.82, 2.24) is 9.97 Å². The molecule has 0 radical (unpaired) electrons. The Bertz CT molecular complexity index is 787. The van der Waals surface area contributed by atoms with Gasteiger partial charge in [0.15, 0.2) is 0 Å². The van der Waals surface area contributed by atoms with Crippen LogP contribution >= 0.6 is 0 Å². The van der Waals surface area contributed by atoms with Crippen molar-refractivity contribution >= 4 is 11.8 Å². The molecule has 1 aliphatic carbocycles. The average molecular weight is 394 g/mol. The summed E-state index contributed by atoms with van der Waals surface area (Å²) in [7, 11) is 0. The zero-order chi connectivity index (χ0) is 20.1. The molecule has 8 heteroatoms. The molecule has 0 atom stereocenters. The van der Waals surface area contributed by atoms with Crippen molar-refractivity contribution in [3.63, 3.8) is 0 Å². The monoisotopic (exact) mass is 394 g/mol.